The third-order valence-corrected chi connectivity index (χ3v) is 10.6. The zero-order chi connectivity index (χ0) is 33.3. The van der Waals surface area contributed by atoms with Crippen molar-refractivity contribution in [3.63, 3.8) is 0 Å². The van der Waals surface area contributed by atoms with Crippen molar-refractivity contribution in [1.82, 2.24) is 15.3 Å². The highest BCUT2D eigenvalue weighted by Gasteiger charge is 2.25. The molecule has 0 bridgehead atoms. The molecule has 1 amide bonds. The average Bonchev–Trinajstić information content (AvgIpc) is 3.45. The molecule has 248 valence electrons. The molecule has 2 aromatic carbocycles. The fourth-order valence-electron chi connectivity index (χ4n) is 4.66. The van der Waals surface area contributed by atoms with E-state index in [4.69, 9.17) is 14.2 Å². The lowest BCUT2D eigenvalue weighted by molar-refractivity contribution is -0.101. The highest BCUT2D eigenvalue weighted by molar-refractivity contribution is 7.99. The zero-order valence-electron chi connectivity index (χ0n) is 26.0. The van der Waals surface area contributed by atoms with Crippen molar-refractivity contribution in [2.75, 3.05) is 44.1 Å². The van der Waals surface area contributed by atoms with Gasteiger partial charge in [0, 0.05) is 50.4 Å². The third-order valence-electron chi connectivity index (χ3n) is 6.87. The first-order valence-corrected chi connectivity index (χ1v) is 18.9. The summed E-state index contributed by atoms with van der Waals surface area (Å²) in [6.07, 6.45) is 2.21. The SMILES string of the molecule is COC(OC)C(CNC(=O)c1cc2cc(OCCCS(C)(=O)=O)cc(NS(=O)(=O)c3ncccc3C)c2[nH]1)SCc1ccccc1. The molecule has 0 spiro atoms. The Morgan fingerprint density at radius 2 is 1.76 bits per heavy atom. The van der Waals surface area contributed by atoms with Crippen LogP contribution in [0.2, 0.25) is 0 Å². The topological polar surface area (TPSA) is 166 Å². The molecule has 0 saturated heterocycles. The fourth-order valence-corrected chi connectivity index (χ4v) is 7.72. The van der Waals surface area contributed by atoms with Gasteiger partial charge in [0.05, 0.1) is 28.8 Å². The summed E-state index contributed by atoms with van der Waals surface area (Å²) in [6.45, 7) is 1.95. The van der Waals surface area contributed by atoms with Crippen molar-refractivity contribution in [3.05, 3.63) is 83.7 Å². The number of anilines is 1. The molecule has 0 radical (unpaired) electrons. The number of carbonyl (C=O) groups is 1. The van der Waals surface area contributed by atoms with Crippen molar-refractivity contribution in [2.45, 2.75) is 35.7 Å². The Morgan fingerprint density at radius 3 is 2.43 bits per heavy atom. The number of thioether (sulfide) groups is 1. The number of H-pyrrole nitrogens is 1. The number of aromatic nitrogens is 2. The number of nitrogens with one attached hydrogen (secondary N) is 3. The van der Waals surface area contributed by atoms with Gasteiger partial charge in [-0.1, -0.05) is 36.4 Å². The number of methoxy groups -OCH3 is 2. The molecule has 0 aliphatic heterocycles. The van der Waals surface area contributed by atoms with E-state index in [1.807, 2.05) is 30.3 Å². The number of aromatic amines is 1. The summed E-state index contributed by atoms with van der Waals surface area (Å²) >= 11 is 1.58. The predicted octanol–water partition coefficient (Wildman–Crippen LogP) is 4.14. The summed E-state index contributed by atoms with van der Waals surface area (Å²) in [5.41, 5.74) is 2.26. The van der Waals surface area contributed by atoms with Crippen LogP contribution in [0.3, 0.4) is 0 Å². The minimum Gasteiger partial charge on any atom is -0.493 e. The number of hydrogen-bond donors (Lipinski definition) is 3. The molecule has 1 atom stereocenters. The molecular formula is C31H38N4O8S3. The number of hydrogen-bond acceptors (Lipinski definition) is 10. The summed E-state index contributed by atoms with van der Waals surface area (Å²) in [5, 5.41) is 3.05. The summed E-state index contributed by atoms with van der Waals surface area (Å²) in [4.78, 5) is 20.5. The van der Waals surface area contributed by atoms with E-state index in [9.17, 15) is 21.6 Å². The largest absolute Gasteiger partial charge is 0.493 e. The number of sulfone groups is 1. The normalized spacial score (nSPS) is 12.7. The summed E-state index contributed by atoms with van der Waals surface area (Å²) in [6, 6.07) is 17.9. The molecule has 0 aliphatic carbocycles. The van der Waals surface area contributed by atoms with E-state index in [1.54, 1.807) is 57.2 Å². The number of rotatable bonds is 17. The summed E-state index contributed by atoms with van der Waals surface area (Å²) < 4.78 is 69.1. The number of amides is 1. The van der Waals surface area contributed by atoms with Crippen LogP contribution < -0.4 is 14.8 Å². The molecule has 0 aliphatic rings. The minimum absolute atomic E-state index is 0.0558. The predicted molar refractivity (Wildman–Crippen MR) is 180 cm³/mol. The van der Waals surface area contributed by atoms with E-state index >= 15 is 0 Å². The van der Waals surface area contributed by atoms with Gasteiger partial charge >= 0.3 is 0 Å². The third kappa shape index (κ3) is 9.69. The van der Waals surface area contributed by atoms with Gasteiger partial charge in [0.2, 0.25) is 0 Å². The van der Waals surface area contributed by atoms with Crippen molar-refractivity contribution in [3.8, 4) is 5.75 Å². The molecule has 46 heavy (non-hydrogen) atoms. The van der Waals surface area contributed by atoms with Crippen LogP contribution in [0.4, 0.5) is 5.69 Å². The number of nitrogens with zero attached hydrogens (tertiary/aromatic N) is 1. The van der Waals surface area contributed by atoms with Crippen molar-refractivity contribution >= 4 is 54.1 Å². The second-order valence-corrected chi connectivity index (χ2v) is 15.7. The molecule has 2 heterocycles. The van der Waals surface area contributed by atoms with Gasteiger partial charge in [-0.3, -0.25) is 9.52 Å². The Kier molecular flexibility index (Phi) is 12.1. The van der Waals surface area contributed by atoms with Crippen molar-refractivity contribution in [1.29, 1.82) is 0 Å². The first-order chi connectivity index (χ1) is 21.9. The Hall–Kier alpha value is -3.63. The Bertz CT molecular complexity index is 1840. The maximum Gasteiger partial charge on any atom is 0.279 e. The second-order valence-electron chi connectivity index (χ2n) is 10.6. The van der Waals surface area contributed by atoms with Gasteiger partial charge in [0.25, 0.3) is 15.9 Å². The van der Waals surface area contributed by atoms with Crippen LogP contribution in [0.15, 0.2) is 71.9 Å². The van der Waals surface area contributed by atoms with E-state index in [-0.39, 0.29) is 47.0 Å². The number of sulfonamides is 1. The number of ether oxygens (including phenoxy) is 3. The van der Waals surface area contributed by atoms with Gasteiger partial charge in [-0.15, -0.1) is 11.8 Å². The lowest BCUT2D eigenvalue weighted by Crippen LogP contribution is -2.39. The second kappa shape index (κ2) is 15.8. The molecule has 3 N–H and O–H groups in total. The fraction of sp³-hybridized carbons (Fsp3) is 0.355. The molecule has 12 nitrogen and oxygen atoms in total. The van der Waals surface area contributed by atoms with Crippen LogP contribution in [0, 0.1) is 6.92 Å². The maximum absolute atomic E-state index is 13.4. The van der Waals surface area contributed by atoms with Crippen LogP contribution in [0.5, 0.6) is 5.75 Å². The van der Waals surface area contributed by atoms with E-state index in [2.05, 4.69) is 20.0 Å². The molecule has 15 heteroatoms. The monoisotopic (exact) mass is 690 g/mol. The number of fused-ring (bicyclic) bond motifs is 1. The van der Waals surface area contributed by atoms with E-state index in [1.165, 1.54) is 12.3 Å². The number of aryl methyl sites for hydroxylation is 1. The molecule has 1 unspecified atom stereocenters. The van der Waals surface area contributed by atoms with E-state index in [0.29, 0.717) is 28.0 Å². The van der Waals surface area contributed by atoms with Gasteiger partial charge in [-0.25, -0.2) is 13.4 Å². The Balaban J connectivity index is 1.58. The van der Waals surface area contributed by atoms with Crippen molar-refractivity contribution < 1.29 is 35.8 Å². The van der Waals surface area contributed by atoms with Crippen LogP contribution in [-0.4, -0.2) is 83.6 Å². The van der Waals surface area contributed by atoms with Gasteiger partial charge in [0.15, 0.2) is 11.3 Å². The molecule has 4 rings (SSSR count). The number of pyridine rings is 1. The first kappa shape index (κ1) is 35.2. The zero-order valence-corrected chi connectivity index (χ0v) is 28.4. The molecular weight excluding hydrogens is 653 g/mol. The molecule has 4 aromatic rings. The van der Waals surface area contributed by atoms with Crippen LogP contribution in [0.1, 0.15) is 28.0 Å². The Labute approximate surface area is 273 Å². The van der Waals surface area contributed by atoms with Gasteiger partial charge < -0.3 is 24.5 Å². The van der Waals surface area contributed by atoms with Crippen LogP contribution >= 0.6 is 11.8 Å². The number of benzene rings is 2. The quantitative estimate of drug-likeness (QED) is 0.108. The number of carbonyl (C=O) groups excluding carboxylic acids is 1. The maximum atomic E-state index is 13.4. The van der Waals surface area contributed by atoms with Gasteiger partial charge in [-0.2, -0.15) is 8.42 Å². The van der Waals surface area contributed by atoms with Crippen LogP contribution in [-0.2, 0) is 35.1 Å². The van der Waals surface area contributed by atoms with Gasteiger partial charge in [-0.05, 0) is 42.7 Å². The van der Waals surface area contributed by atoms with E-state index in [0.717, 1.165) is 11.8 Å². The lowest BCUT2D eigenvalue weighted by Gasteiger charge is -2.24. The van der Waals surface area contributed by atoms with Crippen molar-refractivity contribution in [2.24, 2.45) is 0 Å². The Morgan fingerprint density at radius 1 is 1.02 bits per heavy atom. The molecule has 2 aromatic heterocycles. The lowest BCUT2D eigenvalue weighted by atomic mass is 10.2. The highest BCUT2D eigenvalue weighted by atomic mass is 32.2. The highest BCUT2D eigenvalue weighted by Crippen LogP contribution is 2.32. The minimum atomic E-state index is -4.12. The standard InChI is InChI=1S/C31H38N4O8S3/c1-21-10-8-13-32-30(21)46(39,40)35-25-18-24(43-14-9-15-45(4,37)38)16-23-17-26(34-28(23)25)29(36)33-19-27(31(41-2)42-3)44-20-22-11-6-5-7-12-22/h5-8,10-13,16-18,27,31,34-35H,9,14-15,19-20H2,1-4H3,(H,33,36). The van der Waals surface area contributed by atoms with Gasteiger partial charge in [0.1, 0.15) is 21.3 Å². The van der Waals surface area contributed by atoms with Crippen LogP contribution in [0.25, 0.3) is 10.9 Å². The smallest absolute Gasteiger partial charge is 0.279 e. The average molecular weight is 691 g/mol. The van der Waals surface area contributed by atoms with E-state index < -0.39 is 32.1 Å². The molecule has 0 fully saturated rings. The summed E-state index contributed by atoms with van der Waals surface area (Å²) in [5.74, 6) is 0.503. The first-order valence-electron chi connectivity index (χ1n) is 14.3. The molecule has 0 saturated carbocycles. The summed E-state index contributed by atoms with van der Waals surface area (Å²) in [7, 11) is -4.21.